The van der Waals surface area contributed by atoms with Gasteiger partial charge in [-0.2, -0.15) is 0 Å². The molecule has 0 spiro atoms. The molecule has 0 amide bonds. The highest BCUT2D eigenvalue weighted by molar-refractivity contribution is 9.10. The van der Waals surface area contributed by atoms with Crippen LogP contribution in [0.15, 0.2) is 98.1 Å². The van der Waals surface area contributed by atoms with Gasteiger partial charge in [0.15, 0.2) is 0 Å². The maximum atomic E-state index is 13.6. The number of aryl methyl sites for hydroxylation is 1. The van der Waals surface area contributed by atoms with Crippen molar-refractivity contribution in [3.05, 3.63) is 105 Å². The molecule has 3 heterocycles. The van der Waals surface area contributed by atoms with Crippen LogP contribution in [0.1, 0.15) is 11.1 Å². The van der Waals surface area contributed by atoms with Gasteiger partial charge < -0.3 is 5.73 Å². The summed E-state index contributed by atoms with van der Waals surface area (Å²) in [6, 6.07) is 20.7. The zero-order valence-corrected chi connectivity index (χ0v) is 20.5. The van der Waals surface area contributed by atoms with Crippen molar-refractivity contribution in [3.8, 4) is 0 Å². The van der Waals surface area contributed by atoms with Gasteiger partial charge in [-0.05, 0) is 55.0 Å². The summed E-state index contributed by atoms with van der Waals surface area (Å²) in [5.41, 5.74) is 8.90. The highest BCUT2D eigenvalue weighted by Gasteiger charge is 2.29. The Morgan fingerprint density at radius 2 is 1.74 bits per heavy atom. The quantitative estimate of drug-likeness (QED) is 0.279. The van der Waals surface area contributed by atoms with E-state index in [4.69, 9.17) is 5.73 Å². The van der Waals surface area contributed by atoms with E-state index in [1.165, 1.54) is 22.6 Å². The molecule has 0 bridgehead atoms. The van der Waals surface area contributed by atoms with Crippen LogP contribution >= 0.6 is 15.9 Å². The SMILES string of the molecule is Cc1ccc(C[n+]2c(N)c(S(=O)(=O)c3ccc(Br)cc3)cc3c(=O)n4ccccc4nc32)cc1. The molecular formula is C25H20BrN4O3S+. The predicted octanol–water partition coefficient (Wildman–Crippen LogP) is 3.67. The van der Waals surface area contributed by atoms with E-state index in [0.29, 0.717) is 11.3 Å². The van der Waals surface area contributed by atoms with Crippen molar-refractivity contribution in [2.75, 3.05) is 5.73 Å². The second-order valence-corrected chi connectivity index (χ2v) is 10.8. The molecule has 0 unspecified atom stereocenters. The zero-order chi connectivity index (χ0) is 24.0. The number of nitrogen functional groups attached to an aromatic ring is 1. The van der Waals surface area contributed by atoms with Gasteiger partial charge in [0.1, 0.15) is 10.3 Å². The van der Waals surface area contributed by atoms with Crippen molar-refractivity contribution >= 4 is 48.3 Å². The van der Waals surface area contributed by atoms with Gasteiger partial charge in [0.2, 0.25) is 21.3 Å². The number of rotatable bonds is 4. The fourth-order valence-corrected chi connectivity index (χ4v) is 5.54. The summed E-state index contributed by atoms with van der Waals surface area (Å²) in [7, 11) is -4.01. The molecule has 0 saturated heterocycles. The van der Waals surface area contributed by atoms with Crippen molar-refractivity contribution in [1.82, 2.24) is 9.38 Å². The molecule has 0 aliphatic heterocycles. The van der Waals surface area contributed by atoms with Gasteiger partial charge >= 0.3 is 0 Å². The molecule has 0 saturated carbocycles. The number of hydrogen-bond acceptors (Lipinski definition) is 5. The van der Waals surface area contributed by atoms with Crippen molar-refractivity contribution in [2.24, 2.45) is 0 Å². The first-order chi connectivity index (χ1) is 16.3. The third-order valence-corrected chi connectivity index (χ3v) is 8.03. The lowest BCUT2D eigenvalue weighted by Crippen LogP contribution is -2.42. The number of fused-ring (bicyclic) bond motifs is 2. The Hall–Kier alpha value is -3.56. The number of nitrogens with two attached hydrogens (primary N) is 1. The number of pyridine rings is 2. The highest BCUT2D eigenvalue weighted by Crippen LogP contribution is 2.27. The smallest absolute Gasteiger partial charge is 0.278 e. The van der Waals surface area contributed by atoms with Gasteiger partial charge in [-0.15, -0.1) is 0 Å². The summed E-state index contributed by atoms with van der Waals surface area (Å²) in [4.78, 5) is 18.0. The van der Waals surface area contributed by atoms with E-state index in [-0.39, 0.29) is 33.1 Å². The average molecular weight is 536 g/mol. The minimum absolute atomic E-state index is 0.0168. The van der Waals surface area contributed by atoms with Crippen molar-refractivity contribution in [2.45, 2.75) is 23.3 Å². The van der Waals surface area contributed by atoms with Crippen molar-refractivity contribution in [1.29, 1.82) is 0 Å². The van der Waals surface area contributed by atoms with E-state index < -0.39 is 9.84 Å². The van der Waals surface area contributed by atoms with E-state index in [9.17, 15) is 13.2 Å². The molecule has 0 aliphatic carbocycles. The molecule has 0 atom stereocenters. The Morgan fingerprint density at radius 3 is 2.44 bits per heavy atom. The summed E-state index contributed by atoms with van der Waals surface area (Å²) >= 11 is 3.33. The summed E-state index contributed by atoms with van der Waals surface area (Å²) in [5, 5.41) is 0.167. The first kappa shape index (κ1) is 22.2. The van der Waals surface area contributed by atoms with Gasteiger partial charge in [0.25, 0.3) is 11.2 Å². The number of sulfone groups is 1. The van der Waals surface area contributed by atoms with Crippen LogP contribution in [0.25, 0.3) is 16.7 Å². The van der Waals surface area contributed by atoms with Crippen LogP contribution in [0.4, 0.5) is 5.82 Å². The fraction of sp³-hybridized carbons (Fsp3) is 0.0800. The van der Waals surface area contributed by atoms with E-state index in [1.54, 1.807) is 41.1 Å². The predicted molar refractivity (Wildman–Crippen MR) is 133 cm³/mol. The van der Waals surface area contributed by atoms with E-state index in [2.05, 4.69) is 20.9 Å². The molecule has 0 radical (unpaired) electrons. The number of benzene rings is 2. The highest BCUT2D eigenvalue weighted by atomic mass is 79.9. The Kier molecular flexibility index (Phi) is 5.45. The molecule has 5 rings (SSSR count). The van der Waals surface area contributed by atoms with E-state index in [1.807, 2.05) is 31.2 Å². The number of halogens is 1. The molecular weight excluding hydrogens is 516 g/mol. The fourth-order valence-electron chi connectivity index (χ4n) is 3.87. The largest absolute Gasteiger partial charge is 0.317 e. The lowest BCUT2D eigenvalue weighted by molar-refractivity contribution is -0.651. The van der Waals surface area contributed by atoms with Gasteiger partial charge in [0.05, 0.1) is 11.4 Å². The maximum absolute atomic E-state index is 13.6. The average Bonchev–Trinajstić information content (AvgIpc) is 2.82. The molecule has 0 fully saturated rings. The number of nitrogens with zero attached hydrogens (tertiary/aromatic N) is 3. The molecule has 170 valence electrons. The third kappa shape index (κ3) is 3.76. The second kappa shape index (κ2) is 8.34. The first-order valence-electron chi connectivity index (χ1n) is 10.5. The molecule has 34 heavy (non-hydrogen) atoms. The number of aromatic nitrogens is 3. The van der Waals surface area contributed by atoms with Gasteiger partial charge in [-0.1, -0.05) is 56.8 Å². The van der Waals surface area contributed by atoms with Gasteiger partial charge in [0, 0.05) is 10.7 Å². The Balaban J connectivity index is 1.85. The Bertz CT molecular complexity index is 1730. The second-order valence-electron chi connectivity index (χ2n) is 8.01. The minimum Gasteiger partial charge on any atom is -0.317 e. The summed E-state index contributed by atoms with van der Waals surface area (Å²) in [5.74, 6) is 0.0168. The van der Waals surface area contributed by atoms with Crippen LogP contribution in [0.3, 0.4) is 0 Å². The molecule has 7 nitrogen and oxygen atoms in total. The zero-order valence-electron chi connectivity index (χ0n) is 18.1. The van der Waals surface area contributed by atoms with Crippen LogP contribution in [-0.4, -0.2) is 17.8 Å². The van der Waals surface area contributed by atoms with Crippen LogP contribution in [0.2, 0.25) is 0 Å². The van der Waals surface area contributed by atoms with Crippen LogP contribution in [0, 0.1) is 6.92 Å². The lowest BCUT2D eigenvalue weighted by atomic mass is 10.1. The van der Waals surface area contributed by atoms with Crippen LogP contribution < -0.4 is 15.9 Å². The monoisotopic (exact) mass is 535 g/mol. The molecule has 3 aromatic heterocycles. The number of anilines is 1. The summed E-state index contributed by atoms with van der Waals surface area (Å²) in [6.45, 7) is 2.24. The minimum atomic E-state index is -4.01. The van der Waals surface area contributed by atoms with E-state index >= 15 is 0 Å². The topological polar surface area (TPSA) is 98.4 Å². The van der Waals surface area contributed by atoms with Crippen molar-refractivity contribution in [3.63, 3.8) is 0 Å². The third-order valence-electron chi connectivity index (χ3n) is 5.70. The van der Waals surface area contributed by atoms with E-state index in [0.717, 1.165) is 15.6 Å². The Morgan fingerprint density at radius 1 is 1.03 bits per heavy atom. The van der Waals surface area contributed by atoms with Crippen molar-refractivity contribution < 1.29 is 13.0 Å². The molecule has 2 N–H and O–H groups in total. The van der Waals surface area contributed by atoms with Gasteiger partial charge in [-0.3, -0.25) is 9.20 Å². The summed E-state index contributed by atoms with van der Waals surface area (Å²) < 4.78 is 30.9. The Labute approximate surface area is 204 Å². The molecule has 9 heteroatoms. The van der Waals surface area contributed by atoms with Crippen LogP contribution in [0.5, 0.6) is 0 Å². The maximum Gasteiger partial charge on any atom is 0.278 e. The summed E-state index contributed by atoms with van der Waals surface area (Å²) in [6.07, 6.45) is 1.60. The molecule has 5 aromatic rings. The van der Waals surface area contributed by atoms with Gasteiger partial charge in [-0.25, -0.2) is 13.0 Å². The first-order valence-corrected chi connectivity index (χ1v) is 12.7. The molecule has 2 aromatic carbocycles. The standard InChI is InChI=1S/C25H19BrN4O3S/c1-16-5-7-17(8-6-16)15-30-23(27)21(34(32,33)19-11-9-18(26)10-12-19)14-20-24(30)28-22-4-2-3-13-29(22)25(20)31/h2-14,27H,15H2,1H3/p+1. The lowest BCUT2D eigenvalue weighted by Gasteiger charge is -2.13. The normalized spacial score (nSPS) is 11.8. The molecule has 0 aliphatic rings. The number of hydrogen-bond donors (Lipinski definition) is 1. The van der Waals surface area contributed by atoms with Crippen LogP contribution in [-0.2, 0) is 16.4 Å².